The SMILES string of the molecule is CCN(Cc1ccccc1)C(=O)COC(=O)CNC(=O)c1ccccc1C. The first-order chi connectivity index (χ1) is 13.0. The Bertz CT molecular complexity index is 790. The van der Waals surface area contributed by atoms with Crippen molar-refractivity contribution in [3.05, 3.63) is 71.3 Å². The van der Waals surface area contributed by atoms with E-state index >= 15 is 0 Å². The number of rotatable bonds is 8. The number of nitrogens with one attached hydrogen (secondary N) is 1. The zero-order chi connectivity index (χ0) is 19.6. The largest absolute Gasteiger partial charge is 0.454 e. The fourth-order valence-corrected chi connectivity index (χ4v) is 2.54. The quantitative estimate of drug-likeness (QED) is 0.726. The number of ether oxygens (including phenoxy) is 1. The van der Waals surface area contributed by atoms with Gasteiger partial charge in [0.1, 0.15) is 6.54 Å². The van der Waals surface area contributed by atoms with E-state index in [2.05, 4.69) is 5.32 Å². The van der Waals surface area contributed by atoms with Crippen molar-refractivity contribution in [2.24, 2.45) is 0 Å². The molecule has 0 aliphatic rings. The van der Waals surface area contributed by atoms with Crippen molar-refractivity contribution < 1.29 is 19.1 Å². The summed E-state index contributed by atoms with van der Waals surface area (Å²) < 4.78 is 5.00. The molecule has 0 unspecified atom stereocenters. The second-order valence-electron chi connectivity index (χ2n) is 6.05. The molecule has 0 heterocycles. The van der Waals surface area contributed by atoms with Crippen LogP contribution in [-0.2, 0) is 20.9 Å². The number of esters is 1. The first-order valence-corrected chi connectivity index (χ1v) is 8.82. The molecule has 2 rings (SSSR count). The second kappa shape index (κ2) is 10.1. The molecule has 0 bridgehead atoms. The van der Waals surface area contributed by atoms with Gasteiger partial charge in [0.15, 0.2) is 6.61 Å². The molecular formula is C21H24N2O4. The summed E-state index contributed by atoms with van der Waals surface area (Å²) in [6.07, 6.45) is 0. The fraction of sp³-hybridized carbons (Fsp3) is 0.286. The minimum Gasteiger partial charge on any atom is -0.454 e. The van der Waals surface area contributed by atoms with E-state index in [1.165, 1.54) is 0 Å². The number of carbonyl (C=O) groups excluding carboxylic acids is 3. The summed E-state index contributed by atoms with van der Waals surface area (Å²) in [5, 5.41) is 2.51. The topological polar surface area (TPSA) is 75.7 Å². The van der Waals surface area contributed by atoms with Crippen molar-refractivity contribution in [1.82, 2.24) is 10.2 Å². The van der Waals surface area contributed by atoms with E-state index in [1.54, 1.807) is 17.0 Å². The van der Waals surface area contributed by atoms with Gasteiger partial charge >= 0.3 is 5.97 Å². The van der Waals surface area contributed by atoms with Gasteiger partial charge in [0.25, 0.3) is 11.8 Å². The summed E-state index contributed by atoms with van der Waals surface area (Å²) in [7, 11) is 0. The van der Waals surface area contributed by atoms with Gasteiger partial charge in [-0.05, 0) is 31.0 Å². The molecule has 0 atom stereocenters. The molecular weight excluding hydrogens is 344 g/mol. The molecule has 0 fully saturated rings. The van der Waals surface area contributed by atoms with Crippen LogP contribution in [0.15, 0.2) is 54.6 Å². The predicted octanol–water partition coefficient (Wildman–Crippen LogP) is 2.32. The van der Waals surface area contributed by atoms with E-state index in [0.717, 1.165) is 11.1 Å². The zero-order valence-corrected chi connectivity index (χ0v) is 15.6. The van der Waals surface area contributed by atoms with Gasteiger partial charge in [-0.15, -0.1) is 0 Å². The summed E-state index contributed by atoms with van der Waals surface area (Å²) in [6.45, 7) is 4.01. The molecule has 0 aromatic heterocycles. The molecule has 0 spiro atoms. The van der Waals surface area contributed by atoms with E-state index in [4.69, 9.17) is 4.74 Å². The Morgan fingerprint density at radius 3 is 2.33 bits per heavy atom. The van der Waals surface area contributed by atoms with E-state index in [-0.39, 0.29) is 25.0 Å². The van der Waals surface area contributed by atoms with Gasteiger partial charge in [0, 0.05) is 18.7 Å². The lowest BCUT2D eigenvalue weighted by Crippen LogP contribution is -2.36. The summed E-state index contributed by atoms with van der Waals surface area (Å²) in [6, 6.07) is 16.7. The molecule has 0 saturated heterocycles. The van der Waals surface area contributed by atoms with Crippen LogP contribution in [0.4, 0.5) is 0 Å². The summed E-state index contributed by atoms with van der Waals surface area (Å²) >= 11 is 0. The molecule has 0 aliphatic heterocycles. The van der Waals surface area contributed by atoms with Gasteiger partial charge in [-0.1, -0.05) is 48.5 Å². The van der Waals surface area contributed by atoms with Crippen LogP contribution in [-0.4, -0.2) is 42.4 Å². The van der Waals surface area contributed by atoms with Gasteiger partial charge in [-0.25, -0.2) is 0 Å². The van der Waals surface area contributed by atoms with Crippen molar-refractivity contribution in [2.75, 3.05) is 19.7 Å². The Morgan fingerprint density at radius 1 is 1.00 bits per heavy atom. The normalized spacial score (nSPS) is 10.1. The number of nitrogens with zero attached hydrogens (tertiary/aromatic N) is 1. The molecule has 2 aromatic carbocycles. The molecule has 0 radical (unpaired) electrons. The Morgan fingerprint density at radius 2 is 1.67 bits per heavy atom. The number of hydrogen-bond acceptors (Lipinski definition) is 4. The number of aryl methyl sites for hydroxylation is 1. The fourth-order valence-electron chi connectivity index (χ4n) is 2.54. The van der Waals surface area contributed by atoms with Crippen LogP contribution in [0.1, 0.15) is 28.4 Å². The Hall–Kier alpha value is -3.15. The van der Waals surface area contributed by atoms with Gasteiger partial charge in [-0.3, -0.25) is 14.4 Å². The molecule has 27 heavy (non-hydrogen) atoms. The molecule has 2 amide bonds. The molecule has 0 aliphatic carbocycles. The predicted molar refractivity (Wildman–Crippen MR) is 102 cm³/mol. The lowest BCUT2D eigenvalue weighted by Gasteiger charge is -2.20. The van der Waals surface area contributed by atoms with Gasteiger partial charge in [0.05, 0.1) is 0 Å². The van der Waals surface area contributed by atoms with Gasteiger partial charge in [0.2, 0.25) is 0 Å². The third kappa shape index (κ3) is 6.26. The van der Waals surface area contributed by atoms with E-state index in [0.29, 0.717) is 18.7 Å². The number of benzene rings is 2. The minimum absolute atomic E-state index is 0.278. The third-order valence-electron chi connectivity index (χ3n) is 4.09. The van der Waals surface area contributed by atoms with E-state index < -0.39 is 5.97 Å². The standard InChI is InChI=1S/C21H24N2O4/c1-3-23(14-17-10-5-4-6-11-17)19(24)15-27-20(25)13-22-21(26)18-12-8-7-9-16(18)2/h4-12H,3,13-15H2,1-2H3,(H,22,26). The Labute approximate surface area is 159 Å². The lowest BCUT2D eigenvalue weighted by atomic mass is 10.1. The smallest absolute Gasteiger partial charge is 0.325 e. The van der Waals surface area contributed by atoms with Crippen LogP contribution in [0.25, 0.3) is 0 Å². The van der Waals surface area contributed by atoms with Gasteiger partial charge < -0.3 is 15.0 Å². The van der Waals surface area contributed by atoms with Crippen LogP contribution in [0.5, 0.6) is 0 Å². The lowest BCUT2D eigenvalue weighted by molar-refractivity contribution is -0.151. The third-order valence-corrected chi connectivity index (χ3v) is 4.09. The average molecular weight is 368 g/mol. The minimum atomic E-state index is -0.652. The van der Waals surface area contributed by atoms with Crippen molar-refractivity contribution in [1.29, 1.82) is 0 Å². The maximum atomic E-state index is 12.2. The Balaban J connectivity index is 1.77. The first kappa shape index (κ1) is 20.2. The van der Waals surface area contributed by atoms with Crippen LogP contribution >= 0.6 is 0 Å². The number of amides is 2. The van der Waals surface area contributed by atoms with Crippen molar-refractivity contribution in [3.8, 4) is 0 Å². The average Bonchev–Trinajstić information content (AvgIpc) is 2.69. The van der Waals surface area contributed by atoms with Crippen molar-refractivity contribution in [2.45, 2.75) is 20.4 Å². The highest BCUT2D eigenvalue weighted by Gasteiger charge is 2.16. The molecule has 142 valence electrons. The van der Waals surface area contributed by atoms with Crippen molar-refractivity contribution >= 4 is 17.8 Å². The summed E-state index contributed by atoms with van der Waals surface area (Å²) in [5.41, 5.74) is 2.32. The van der Waals surface area contributed by atoms with E-state index in [9.17, 15) is 14.4 Å². The monoisotopic (exact) mass is 368 g/mol. The second-order valence-corrected chi connectivity index (χ2v) is 6.05. The summed E-state index contributed by atoms with van der Waals surface area (Å²) in [4.78, 5) is 37.8. The van der Waals surface area contributed by atoms with Crippen LogP contribution in [0, 0.1) is 6.92 Å². The molecule has 1 N–H and O–H groups in total. The zero-order valence-electron chi connectivity index (χ0n) is 15.6. The number of carbonyl (C=O) groups is 3. The summed E-state index contributed by atoms with van der Waals surface area (Å²) in [5.74, 6) is -1.28. The Kier molecular flexibility index (Phi) is 7.55. The van der Waals surface area contributed by atoms with Crippen LogP contribution < -0.4 is 5.32 Å². The first-order valence-electron chi connectivity index (χ1n) is 8.82. The maximum absolute atomic E-state index is 12.2. The molecule has 6 nitrogen and oxygen atoms in total. The van der Waals surface area contributed by atoms with Crippen molar-refractivity contribution in [3.63, 3.8) is 0 Å². The molecule has 2 aromatic rings. The highest BCUT2D eigenvalue weighted by Crippen LogP contribution is 2.06. The molecule has 6 heteroatoms. The van der Waals surface area contributed by atoms with Gasteiger partial charge in [-0.2, -0.15) is 0 Å². The highest BCUT2D eigenvalue weighted by molar-refractivity contribution is 5.97. The molecule has 0 saturated carbocycles. The van der Waals surface area contributed by atoms with Crippen LogP contribution in [0.3, 0.4) is 0 Å². The number of hydrogen-bond donors (Lipinski definition) is 1. The maximum Gasteiger partial charge on any atom is 0.325 e. The van der Waals surface area contributed by atoms with E-state index in [1.807, 2.05) is 56.3 Å². The number of likely N-dealkylation sites (N-methyl/N-ethyl adjacent to an activating group) is 1. The highest BCUT2D eigenvalue weighted by atomic mass is 16.5. The van der Waals surface area contributed by atoms with Crippen LogP contribution in [0.2, 0.25) is 0 Å².